The lowest BCUT2D eigenvalue weighted by molar-refractivity contribution is -0.114. The first-order valence-corrected chi connectivity index (χ1v) is 8.23. The van der Waals surface area contributed by atoms with Gasteiger partial charge in [0.1, 0.15) is 4.99 Å². The van der Waals surface area contributed by atoms with Gasteiger partial charge in [-0.2, -0.15) is 0 Å². The van der Waals surface area contributed by atoms with Crippen LogP contribution in [0.1, 0.15) is 13.8 Å². The first-order chi connectivity index (χ1) is 7.76. The lowest BCUT2D eigenvalue weighted by Gasteiger charge is -2.29. The average Bonchev–Trinajstić information content (AvgIpc) is 2.31. The summed E-state index contributed by atoms with van der Waals surface area (Å²) in [6, 6.07) is 8.05. The molecule has 4 heteroatoms. The maximum atomic E-state index is 12.0. The van der Waals surface area contributed by atoms with Crippen LogP contribution in [0.5, 0.6) is 0 Å². The van der Waals surface area contributed by atoms with Crippen molar-refractivity contribution in [1.29, 1.82) is 0 Å². The van der Waals surface area contributed by atoms with Crippen LogP contribution < -0.4 is 5.32 Å². The van der Waals surface area contributed by atoms with Crippen LogP contribution in [0, 0.1) is 0 Å². The zero-order chi connectivity index (χ0) is 11.5. The Morgan fingerprint density at radius 1 is 1.31 bits per heavy atom. The number of hydrogen-bond donors (Lipinski definition) is 1. The zero-order valence-electron chi connectivity index (χ0n) is 9.56. The summed E-state index contributed by atoms with van der Waals surface area (Å²) < 4.78 is 0. The van der Waals surface area contributed by atoms with Gasteiger partial charge in [-0.05, 0) is 24.5 Å². The largest absolute Gasteiger partial charge is 0.324 e. The SMILES string of the molecule is CCP(CC)C1Sc2ccccc2NC1=O. The number of rotatable bonds is 3. The Balaban J connectivity index is 2.24. The fourth-order valence-corrected chi connectivity index (χ4v) is 5.98. The number of anilines is 1. The molecule has 1 amide bonds. The minimum atomic E-state index is -0.187. The highest BCUT2D eigenvalue weighted by molar-refractivity contribution is 8.07. The Labute approximate surface area is 102 Å². The van der Waals surface area contributed by atoms with E-state index in [0.29, 0.717) is 0 Å². The van der Waals surface area contributed by atoms with Crippen molar-refractivity contribution in [3.8, 4) is 0 Å². The summed E-state index contributed by atoms with van der Waals surface area (Å²) in [4.78, 5) is 13.3. The second kappa shape index (κ2) is 5.20. The number of thioether (sulfide) groups is 1. The molecular formula is C12H16NOPS. The molecule has 2 rings (SSSR count). The fourth-order valence-electron chi connectivity index (χ4n) is 1.84. The molecule has 0 aliphatic carbocycles. The number of carbonyl (C=O) groups excluding carboxylic acids is 1. The normalized spacial score (nSPS) is 19.4. The third kappa shape index (κ3) is 2.26. The van der Waals surface area contributed by atoms with E-state index in [-0.39, 0.29) is 18.8 Å². The average molecular weight is 253 g/mol. The lowest BCUT2D eigenvalue weighted by atomic mass is 10.3. The molecule has 86 valence electrons. The van der Waals surface area contributed by atoms with Gasteiger partial charge >= 0.3 is 0 Å². The standard InChI is InChI=1S/C12H16NOPS/c1-3-15(4-2)12-11(14)13-9-7-5-6-8-10(9)16-12/h5-8,12H,3-4H2,1-2H3,(H,13,14). The molecule has 1 aliphatic heterocycles. The van der Waals surface area contributed by atoms with Crippen molar-refractivity contribution in [2.75, 3.05) is 17.6 Å². The van der Waals surface area contributed by atoms with Crippen LogP contribution in [-0.4, -0.2) is 23.2 Å². The third-order valence-corrected chi connectivity index (χ3v) is 7.53. The van der Waals surface area contributed by atoms with Crippen molar-refractivity contribution in [3.05, 3.63) is 24.3 Å². The summed E-state index contributed by atoms with van der Waals surface area (Å²) in [5.41, 5.74) is 0.968. The van der Waals surface area contributed by atoms with E-state index in [9.17, 15) is 4.79 Å². The number of amides is 1. The Kier molecular flexibility index (Phi) is 3.88. The van der Waals surface area contributed by atoms with Crippen LogP contribution in [0.4, 0.5) is 5.69 Å². The van der Waals surface area contributed by atoms with Crippen molar-refractivity contribution in [1.82, 2.24) is 0 Å². The summed E-state index contributed by atoms with van der Waals surface area (Å²) in [6.45, 7) is 4.37. The van der Waals surface area contributed by atoms with Gasteiger partial charge in [-0.1, -0.05) is 33.9 Å². The quantitative estimate of drug-likeness (QED) is 0.834. The van der Waals surface area contributed by atoms with Crippen molar-refractivity contribution in [2.24, 2.45) is 0 Å². The Morgan fingerprint density at radius 3 is 2.69 bits per heavy atom. The minimum absolute atomic E-state index is 0.139. The molecular weight excluding hydrogens is 237 g/mol. The van der Waals surface area contributed by atoms with Gasteiger partial charge in [0, 0.05) is 4.90 Å². The van der Waals surface area contributed by atoms with Crippen LogP contribution in [0.25, 0.3) is 0 Å². The van der Waals surface area contributed by atoms with E-state index < -0.39 is 0 Å². The van der Waals surface area contributed by atoms with Gasteiger partial charge in [-0.15, -0.1) is 11.8 Å². The zero-order valence-corrected chi connectivity index (χ0v) is 11.3. The highest BCUT2D eigenvalue weighted by Gasteiger charge is 2.31. The van der Waals surface area contributed by atoms with Gasteiger partial charge in [-0.25, -0.2) is 0 Å². The van der Waals surface area contributed by atoms with Gasteiger partial charge in [-0.3, -0.25) is 4.79 Å². The number of fused-ring (bicyclic) bond motifs is 1. The summed E-state index contributed by atoms with van der Waals surface area (Å²) >= 11 is 1.74. The minimum Gasteiger partial charge on any atom is -0.324 e. The van der Waals surface area contributed by atoms with Gasteiger partial charge in [0.25, 0.3) is 0 Å². The Morgan fingerprint density at radius 2 is 2.00 bits per heavy atom. The van der Waals surface area contributed by atoms with Gasteiger partial charge in [0.05, 0.1) is 5.69 Å². The fraction of sp³-hybridized carbons (Fsp3) is 0.417. The van der Waals surface area contributed by atoms with Gasteiger partial charge in [0.15, 0.2) is 0 Å². The first kappa shape index (κ1) is 11.9. The van der Waals surface area contributed by atoms with Crippen molar-refractivity contribution in [2.45, 2.75) is 23.7 Å². The molecule has 1 heterocycles. The van der Waals surface area contributed by atoms with Crippen molar-refractivity contribution < 1.29 is 4.79 Å². The molecule has 1 N–H and O–H groups in total. The predicted octanol–water partition coefficient (Wildman–Crippen LogP) is 3.58. The van der Waals surface area contributed by atoms with E-state index >= 15 is 0 Å². The monoisotopic (exact) mass is 253 g/mol. The molecule has 16 heavy (non-hydrogen) atoms. The molecule has 0 radical (unpaired) electrons. The summed E-state index contributed by atoms with van der Waals surface area (Å²) in [5.74, 6) is 0.193. The highest BCUT2D eigenvalue weighted by Crippen LogP contribution is 2.52. The molecule has 1 aliphatic rings. The van der Waals surface area contributed by atoms with E-state index in [1.165, 1.54) is 4.90 Å². The van der Waals surface area contributed by atoms with E-state index in [1.54, 1.807) is 11.8 Å². The second-order valence-electron chi connectivity index (χ2n) is 3.68. The summed E-state index contributed by atoms with van der Waals surface area (Å²) in [5, 5.41) is 3.02. The number of hydrogen-bond acceptors (Lipinski definition) is 2. The van der Waals surface area contributed by atoms with Crippen LogP contribution >= 0.6 is 19.7 Å². The predicted molar refractivity (Wildman–Crippen MR) is 72.7 cm³/mol. The molecule has 0 saturated carbocycles. The summed E-state index contributed by atoms with van der Waals surface area (Å²) in [6.07, 6.45) is 2.25. The molecule has 0 spiro atoms. The van der Waals surface area contributed by atoms with Crippen molar-refractivity contribution in [3.63, 3.8) is 0 Å². The molecule has 1 unspecified atom stereocenters. The van der Waals surface area contributed by atoms with Crippen LogP contribution in [-0.2, 0) is 4.79 Å². The lowest BCUT2D eigenvalue weighted by Crippen LogP contribution is -2.28. The van der Waals surface area contributed by atoms with E-state index in [4.69, 9.17) is 0 Å². The van der Waals surface area contributed by atoms with E-state index in [1.807, 2.05) is 18.2 Å². The molecule has 0 aromatic heterocycles. The molecule has 0 fully saturated rings. The Bertz CT molecular complexity index is 392. The highest BCUT2D eigenvalue weighted by atomic mass is 32.2. The molecule has 2 nitrogen and oxygen atoms in total. The van der Waals surface area contributed by atoms with E-state index in [0.717, 1.165) is 18.0 Å². The first-order valence-electron chi connectivity index (χ1n) is 5.56. The number of carbonyl (C=O) groups is 1. The third-order valence-electron chi connectivity index (χ3n) is 2.75. The molecule has 1 aromatic carbocycles. The maximum Gasteiger partial charge on any atom is 0.242 e. The summed E-state index contributed by atoms with van der Waals surface area (Å²) in [7, 11) is -0.187. The molecule has 1 aromatic rings. The smallest absolute Gasteiger partial charge is 0.242 e. The maximum absolute atomic E-state index is 12.0. The van der Waals surface area contributed by atoms with Crippen LogP contribution in [0.15, 0.2) is 29.2 Å². The Hall–Kier alpha value is -0.530. The number of benzene rings is 1. The van der Waals surface area contributed by atoms with Gasteiger partial charge < -0.3 is 5.32 Å². The van der Waals surface area contributed by atoms with Crippen molar-refractivity contribution >= 4 is 31.3 Å². The molecule has 0 bridgehead atoms. The topological polar surface area (TPSA) is 29.1 Å². The van der Waals surface area contributed by atoms with E-state index in [2.05, 4.69) is 25.2 Å². The molecule has 1 atom stereocenters. The van der Waals surface area contributed by atoms with Crippen LogP contribution in [0.3, 0.4) is 0 Å². The molecule has 0 saturated heterocycles. The second-order valence-corrected chi connectivity index (χ2v) is 8.13. The number of para-hydroxylation sites is 1. The van der Waals surface area contributed by atoms with Crippen LogP contribution in [0.2, 0.25) is 0 Å². The number of nitrogens with one attached hydrogen (secondary N) is 1. The van der Waals surface area contributed by atoms with Gasteiger partial charge in [0.2, 0.25) is 5.91 Å².